The number of H-pyrrole nitrogens is 1. The van der Waals surface area contributed by atoms with Crippen LogP contribution in [0.4, 0.5) is 8.78 Å². The topological polar surface area (TPSA) is 74.8 Å². The van der Waals surface area contributed by atoms with Gasteiger partial charge in [0.2, 0.25) is 16.4 Å². The van der Waals surface area contributed by atoms with E-state index < -0.39 is 27.4 Å². The van der Waals surface area contributed by atoms with E-state index in [1.165, 1.54) is 18.5 Å². The van der Waals surface area contributed by atoms with Crippen LogP contribution in [0, 0.1) is 5.41 Å². The van der Waals surface area contributed by atoms with Gasteiger partial charge in [-0.2, -0.15) is 0 Å². The van der Waals surface area contributed by atoms with Crippen molar-refractivity contribution >= 4 is 32.7 Å². The van der Waals surface area contributed by atoms with Crippen molar-refractivity contribution in [1.82, 2.24) is 14.7 Å². The van der Waals surface area contributed by atoms with Crippen LogP contribution in [0.1, 0.15) is 32.1 Å². The average molecular weight is 376 g/mol. The summed E-state index contributed by atoms with van der Waals surface area (Å²) >= 11 is 6.12. The van der Waals surface area contributed by atoms with Gasteiger partial charge >= 0.3 is 0 Å². The number of aromatic amines is 1. The van der Waals surface area contributed by atoms with E-state index in [0.717, 1.165) is 0 Å². The van der Waals surface area contributed by atoms with Gasteiger partial charge < -0.3 is 4.98 Å². The molecule has 2 bridgehead atoms. The molecule has 2 aliphatic rings. The van der Waals surface area contributed by atoms with E-state index in [0.29, 0.717) is 36.7 Å². The Balaban J connectivity index is 1.70. The van der Waals surface area contributed by atoms with Crippen molar-refractivity contribution in [3.8, 4) is 0 Å². The maximum Gasteiger partial charge on any atom is 0.244 e. The Kier molecular flexibility index (Phi) is 3.47. The van der Waals surface area contributed by atoms with Crippen molar-refractivity contribution in [3.05, 3.63) is 23.5 Å². The van der Waals surface area contributed by atoms with E-state index in [9.17, 15) is 17.2 Å². The Hall–Kier alpha value is -1.25. The van der Waals surface area contributed by atoms with Crippen molar-refractivity contribution in [2.75, 3.05) is 0 Å². The van der Waals surface area contributed by atoms with Gasteiger partial charge in [-0.05, 0) is 38.2 Å². The van der Waals surface area contributed by atoms with Crippen LogP contribution >= 0.6 is 11.6 Å². The van der Waals surface area contributed by atoms with Gasteiger partial charge in [0.05, 0.1) is 10.4 Å². The van der Waals surface area contributed by atoms with Gasteiger partial charge in [0.25, 0.3) is 0 Å². The zero-order valence-electron chi connectivity index (χ0n) is 12.7. The molecule has 0 aromatic carbocycles. The van der Waals surface area contributed by atoms with Gasteiger partial charge in [0.15, 0.2) is 0 Å². The Bertz CT molecular complexity index is 905. The van der Waals surface area contributed by atoms with Gasteiger partial charge in [-0.25, -0.2) is 26.9 Å². The monoisotopic (exact) mass is 375 g/mol. The lowest BCUT2D eigenvalue weighted by Gasteiger charge is -2.28. The summed E-state index contributed by atoms with van der Waals surface area (Å²) in [6.07, 6.45) is 2.16. The third-order valence-electron chi connectivity index (χ3n) is 5.48. The van der Waals surface area contributed by atoms with Crippen molar-refractivity contribution < 1.29 is 17.2 Å². The molecule has 2 fully saturated rings. The maximum atomic E-state index is 13.4. The van der Waals surface area contributed by atoms with Gasteiger partial charge in [-0.15, -0.1) is 0 Å². The standard InChI is InChI=1S/C15H16ClF2N3O2S/c16-9-1-6-19-12-11(9)10(7-20-12)24(22,23)21-15-4-2-14(8-15,3-5-15)13(17)18/h1,6-7,13,21H,2-5,8H2,(H,19,20). The highest BCUT2D eigenvalue weighted by molar-refractivity contribution is 7.89. The van der Waals surface area contributed by atoms with E-state index in [4.69, 9.17) is 11.6 Å². The highest BCUT2D eigenvalue weighted by atomic mass is 35.5. The molecule has 0 aliphatic heterocycles. The number of aromatic nitrogens is 2. The molecule has 0 unspecified atom stereocenters. The summed E-state index contributed by atoms with van der Waals surface area (Å²) in [4.78, 5) is 6.85. The van der Waals surface area contributed by atoms with E-state index in [2.05, 4.69) is 14.7 Å². The second-order valence-electron chi connectivity index (χ2n) is 6.89. The Morgan fingerprint density at radius 2 is 2.00 bits per heavy atom. The van der Waals surface area contributed by atoms with E-state index >= 15 is 0 Å². The van der Waals surface area contributed by atoms with Crippen LogP contribution in [-0.2, 0) is 10.0 Å². The number of rotatable bonds is 4. The lowest BCUT2D eigenvalue weighted by atomic mass is 9.84. The van der Waals surface area contributed by atoms with Gasteiger partial charge in [-0.3, -0.25) is 0 Å². The predicted octanol–water partition coefficient (Wildman–Crippen LogP) is 3.46. The molecule has 0 amide bonds. The summed E-state index contributed by atoms with van der Waals surface area (Å²) in [5, 5.41) is 0.595. The zero-order valence-corrected chi connectivity index (χ0v) is 14.2. The molecule has 2 aromatic rings. The summed E-state index contributed by atoms with van der Waals surface area (Å²) < 4.78 is 55.1. The van der Waals surface area contributed by atoms with Gasteiger partial charge in [0.1, 0.15) is 10.5 Å². The number of nitrogens with one attached hydrogen (secondary N) is 2. The smallest absolute Gasteiger partial charge is 0.244 e. The average Bonchev–Trinajstić information content (AvgIpc) is 3.18. The van der Waals surface area contributed by atoms with Crippen molar-refractivity contribution in [1.29, 1.82) is 0 Å². The maximum absolute atomic E-state index is 13.4. The number of pyridine rings is 1. The summed E-state index contributed by atoms with van der Waals surface area (Å²) in [7, 11) is -3.90. The Morgan fingerprint density at radius 3 is 2.62 bits per heavy atom. The summed E-state index contributed by atoms with van der Waals surface area (Å²) in [5.41, 5.74) is -1.45. The highest BCUT2D eigenvalue weighted by Crippen LogP contribution is 2.59. The van der Waals surface area contributed by atoms with E-state index in [1.54, 1.807) is 0 Å². The highest BCUT2D eigenvalue weighted by Gasteiger charge is 2.59. The molecule has 130 valence electrons. The first-order valence-corrected chi connectivity index (χ1v) is 9.57. The first-order valence-electron chi connectivity index (χ1n) is 7.71. The fourth-order valence-electron chi connectivity index (χ4n) is 4.23. The number of fused-ring (bicyclic) bond motifs is 3. The molecular weight excluding hydrogens is 360 g/mol. The second kappa shape index (κ2) is 5.12. The van der Waals surface area contributed by atoms with Crippen LogP contribution in [-0.4, -0.2) is 30.4 Å². The fraction of sp³-hybridized carbons (Fsp3) is 0.533. The normalized spacial score (nSPS) is 29.8. The minimum absolute atomic E-state index is 0.00595. The minimum Gasteiger partial charge on any atom is -0.345 e. The fourth-order valence-corrected chi connectivity index (χ4v) is 6.18. The third-order valence-corrected chi connectivity index (χ3v) is 7.40. The van der Waals surface area contributed by atoms with Crippen LogP contribution in [0.5, 0.6) is 0 Å². The molecule has 0 radical (unpaired) electrons. The first kappa shape index (κ1) is 16.2. The molecular formula is C15H16ClF2N3O2S. The molecule has 2 N–H and O–H groups in total. The molecule has 4 rings (SSSR count). The number of halogens is 3. The Morgan fingerprint density at radius 1 is 1.29 bits per heavy atom. The number of sulfonamides is 1. The number of alkyl halides is 2. The molecule has 2 aromatic heterocycles. The van der Waals surface area contributed by atoms with E-state index in [1.807, 2.05) is 0 Å². The summed E-state index contributed by atoms with van der Waals surface area (Å²) in [6, 6.07) is 1.52. The van der Waals surface area contributed by atoms with Gasteiger partial charge in [-0.1, -0.05) is 11.6 Å². The van der Waals surface area contributed by atoms with Crippen LogP contribution in [0.15, 0.2) is 23.4 Å². The molecule has 2 aliphatic carbocycles. The van der Waals surface area contributed by atoms with Gasteiger partial charge in [0, 0.05) is 23.3 Å². The zero-order chi connectivity index (χ0) is 17.2. The molecule has 2 heterocycles. The molecule has 5 nitrogen and oxygen atoms in total. The summed E-state index contributed by atoms with van der Waals surface area (Å²) in [6.45, 7) is 0. The largest absolute Gasteiger partial charge is 0.345 e. The number of nitrogens with zero attached hydrogens (tertiary/aromatic N) is 1. The van der Waals surface area contributed by atoms with Crippen molar-refractivity contribution in [2.24, 2.45) is 5.41 Å². The predicted molar refractivity (Wildman–Crippen MR) is 85.7 cm³/mol. The molecule has 0 spiro atoms. The van der Waals surface area contributed by atoms with Crippen LogP contribution < -0.4 is 4.72 Å². The molecule has 24 heavy (non-hydrogen) atoms. The number of hydrogen-bond donors (Lipinski definition) is 2. The van der Waals surface area contributed by atoms with Crippen LogP contribution in [0.2, 0.25) is 5.02 Å². The van der Waals surface area contributed by atoms with Crippen molar-refractivity contribution in [2.45, 2.75) is 49.0 Å². The molecule has 0 saturated heterocycles. The van der Waals surface area contributed by atoms with Crippen LogP contribution in [0.3, 0.4) is 0 Å². The Labute approximate surface area is 142 Å². The lowest BCUT2D eigenvalue weighted by Crippen LogP contribution is -2.44. The second-order valence-corrected chi connectivity index (χ2v) is 8.95. The first-order chi connectivity index (χ1) is 11.3. The molecule has 9 heteroatoms. The molecule has 2 saturated carbocycles. The molecule has 0 atom stereocenters. The number of hydrogen-bond acceptors (Lipinski definition) is 3. The third kappa shape index (κ3) is 2.27. The quantitative estimate of drug-likeness (QED) is 0.859. The van der Waals surface area contributed by atoms with Crippen LogP contribution in [0.25, 0.3) is 11.0 Å². The van der Waals surface area contributed by atoms with Crippen molar-refractivity contribution in [3.63, 3.8) is 0 Å². The van der Waals surface area contributed by atoms with E-state index in [-0.39, 0.29) is 16.3 Å². The summed E-state index contributed by atoms with van der Waals surface area (Å²) in [5.74, 6) is 0. The SMILES string of the molecule is O=S(=O)(NC12CCC(C(F)F)(CC1)C2)c1c[nH]c2nccc(Cl)c12. The lowest BCUT2D eigenvalue weighted by molar-refractivity contribution is 0.00162. The minimum atomic E-state index is -3.90.